The highest BCUT2D eigenvalue weighted by molar-refractivity contribution is 5.73. The highest BCUT2D eigenvalue weighted by Gasteiger charge is 1.96. The Morgan fingerprint density at radius 1 is 1.75 bits per heavy atom. The van der Waals surface area contributed by atoms with Gasteiger partial charge in [0, 0.05) is 5.57 Å². The van der Waals surface area contributed by atoms with Crippen molar-refractivity contribution in [2.24, 2.45) is 5.92 Å². The molecule has 0 atom stereocenters. The van der Waals surface area contributed by atoms with Gasteiger partial charge in [-0.1, -0.05) is 20.4 Å². The average molecular weight is 110 g/mol. The molecule has 0 aliphatic rings. The van der Waals surface area contributed by atoms with Gasteiger partial charge in [0.05, 0.1) is 0 Å². The molecule has 0 amide bonds. The van der Waals surface area contributed by atoms with Crippen LogP contribution < -0.4 is 0 Å². The van der Waals surface area contributed by atoms with E-state index in [9.17, 15) is 4.79 Å². The second-order valence-electron chi connectivity index (χ2n) is 1.90. The van der Waals surface area contributed by atoms with E-state index in [1.54, 1.807) is 0 Å². The van der Waals surface area contributed by atoms with Gasteiger partial charge in [-0.15, -0.1) is 5.73 Å². The summed E-state index contributed by atoms with van der Waals surface area (Å²) in [6.07, 6.45) is 0.789. The standard InChI is InChI=1S/C7H10O/c1-4-7(5-8)6(2)3/h5-6H,1H2,2-3H3. The van der Waals surface area contributed by atoms with Crippen molar-refractivity contribution in [3.63, 3.8) is 0 Å². The van der Waals surface area contributed by atoms with Gasteiger partial charge in [0.1, 0.15) is 0 Å². The highest BCUT2D eigenvalue weighted by atomic mass is 16.1. The van der Waals surface area contributed by atoms with Gasteiger partial charge in [0.15, 0.2) is 6.29 Å². The fourth-order valence-electron chi connectivity index (χ4n) is 0.382. The largest absolute Gasteiger partial charge is 0.298 e. The van der Waals surface area contributed by atoms with Gasteiger partial charge in [-0.3, -0.25) is 4.79 Å². The van der Waals surface area contributed by atoms with Gasteiger partial charge in [-0.05, 0) is 5.92 Å². The second kappa shape index (κ2) is 3.23. The molecule has 0 aliphatic heterocycles. The molecule has 0 radical (unpaired) electrons. The number of rotatable bonds is 2. The Kier molecular flexibility index (Phi) is 2.90. The van der Waals surface area contributed by atoms with Crippen LogP contribution in [0.5, 0.6) is 0 Å². The summed E-state index contributed by atoms with van der Waals surface area (Å²) in [5.74, 6) is 0.255. The van der Waals surface area contributed by atoms with Gasteiger partial charge in [0.25, 0.3) is 0 Å². The zero-order chi connectivity index (χ0) is 6.57. The first-order valence-electron chi connectivity index (χ1n) is 2.57. The maximum absolute atomic E-state index is 10.0. The van der Waals surface area contributed by atoms with Crippen LogP contribution in [0.2, 0.25) is 0 Å². The van der Waals surface area contributed by atoms with Crippen molar-refractivity contribution in [3.05, 3.63) is 17.9 Å². The molecule has 8 heavy (non-hydrogen) atoms. The molecule has 44 valence electrons. The van der Waals surface area contributed by atoms with E-state index in [1.165, 1.54) is 0 Å². The minimum absolute atomic E-state index is 0.255. The van der Waals surface area contributed by atoms with Gasteiger partial charge in [-0.2, -0.15) is 0 Å². The van der Waals surface area contributed by atoms with E-state index in [-0.39, 0.29) is 5.92 Å². The lowest BCUT2D eigenvalue weighted by Gasteiger charge is -1.96. The van der Waals surface area contributed by atoms with E-state index in [0.717, 1.165) is 6.29 Å². The Balaban J connectivity index is 4.13. The summed E-state index contributed by atoms with van der Waals surface area (Å²) < 4.78 is 0. The SMILES string of the molecule is C=C=C(C=O)C(C)C. The Morgan fingerprint density at radius 3 is 2.25 bits per heavy atom. The maximum atomic E-state index is 10.0. The fraction of sp³-hybridized carbons (Fsp3) is 0.429. The molecule has 0 fully saturated rings. The smallest absolute Gasteiger partial charge is 0.153 e. The van der Waals surface area contributed by atoms with Crippen LogP contribution >= 0.6 is 0 Å². The van der Waals surface area contributed by atoms with Crippen LogP contribution in [0, 0.1) is 5.92 Å². The summed E-state index contributed by atoms with van der Waals surface area (Å²) in [6.45, 7) is 7.22. The molecule has 0 spiro atoms. The van der Waals surface area contributed by atoms with E-state index in [1.807, 2.05) is 13.8 Å². The normalized spacial score (nSPS) is 8.38. The Bertz CT molecular complexity index is 127. The molecule has 0 bridgehead atoms. The zero-order valence-electron chi connectivity index (χ0n) is 5.27. The minimum atomic E-state index is 0.255. The van der Waals surface area contributed by atoms with Crippen LogP contribution in [-0.4, -0.2) is 6.29 Å². The van der Waals surface area contributed by atoms with Crippen molar-refractivity contribution >= 4 is 6.29 Å². The topological polar surface area (TPSA) is 17.1 Å². The van der Waals surface area contributed by atoms with Crippen molar-refractivity contribution in [2.45, 2.75) is 13.8 Å². The van der Waals surface area contributed by atoms with E-state index in [4.69, 9.17) is 0 Å². The monoisotopic (exact) mass is 110 g/mol. The number of allylic oxidation sites excluding steroid dienone is 1. The molecular formula is C7H10O. The molecule has 0 aromatic heterocycles. The summed E-state index contributed by atoms with van der Waals surface area (Å²) in [5, 5.41) is 0. The molecule has 0 rings (SSSR count). The van der Waals surface area contributed by atoms with Gasteiger partial charge >= 0.3 is 0 Å². The Morgan fingerprint density at radius 2 is 2.25 bits per heavy atom. The second-order valence-corrected chi connectivity index (χ2v) is 1.90. The average Bonchev–Trinajstić information content (AvgIpc) is 1.69. The van der Waals surface area contributed by atoms with Crippen LogP contribution in [-0.2, 0) is 4.79 Å². The minimum Gasteiger partial charge on any atom is -0.298 e. The third kappa shape index (κ3) is 1.76. The number of aldehydes is 1. The number of carbonyl (C=O) groups is 1. The first-order chi connectivity index (χ1) is 3.72. The molecule has 0 N–H and O–H groups in total. The van der Waals surface area contributed by atoms with Crippen LogP contribution in [0.25, 0.3) is 0 Å². The summed E-state index contributed by atoms with van der Waals surface area (Å²) in [7, 11) is 0. The lowest BCUT2D eigenvalue weighted by Crippen LogP contribution is -1.91. The van der Waals surface area contributed by atoms with Crippen LogP contribution in [0.15, 0.2) is 17.9 Å². The third-order valence-corrected chi connectivity index (χ3v) is 0.953. The Labute approximate surface area is 49.7 Å². The van der Waals surface area contributed by atoms with Gasteiger partial charge in [0.2, 0.25) is 0 Å². The summed E-state index contributed by atoms with van der Waals surface area (Å²) >= 11 is 0. The number of hydrogen-bond acceptors (Lipinski definition) is 1. The predicted molar refractivity (Wildman–Crippen MR) is 33.6 cm³/mol. The molecule has 0 saturated heterocycles. The van der Waals surface area contributed by atoms with Crippen molar-refractivity contribution in [2.75, 3.05) is 0 Å². The summed E-state index contributed by atoms with van der Waals surface area (Å²) in [6, 6.07) is 0. The predicted octanol–water partition coefficient (Wildman–Crippen LogP) is 1.55. The van der Waals surface area contributed by atoms with Gasteiger partial charge < -0.3 is 0 Å². The molecule has 1 heteroatoms. The van der Waals surface area contributed by atoms with Crippen molar-refractivity contribution in [1.82, 2.24) is 0 Å². The van der Waals surface area contributed by atoms with Crippen molar-refractivity contribution in [3.8, 4) is 0 Å². The lowest BCUT2D eigenvalue weighted by atomic mass is 10.1. The van der Waals surface area contributed by atoms with E-state index in [2.05, 4.69) is 12.3 Å². The third-order valence-electron chi connectivity index (χ3n) is 0.953. The van der Waals surface area contributed by atoms with E-state index in [0.29, 0.717) is 5.57 Å². The van der Waals surface area contributed by atoms with Crippen LogP contribution in [0.4, 0.5) is 0 Å². The van der Waals surface area contributed by atoms with E-state index >= 15 is 0 Å². The van der Waals surface area contributed by atoms with Crippen molar-refractivity contribution in [1.29, 1.82) is 0 Å². The number of carbonyl (C=O) groups excluding carboxylic acids is 1. The zero-order valence-corrected chi connectivity index (χ0v) is 5.27. The Hall–Kier alpha value is -0.810. The molecule has 1 nitrogen and oxygen atoms in total. The first kappa shape index (κ1) is 7.19. The molecule has 0 aliphatic carbocycles. The number of hydrogen-bond donors (Lipinski definition) is 0. The molecular weight excluding hydrogens is 100 g/mol. The maximum Gasteiger partial charge on any atom is 0.153 e. The molecule has 0 aromatic carbocycles. The molecule has 0 saturated carbocycles. The summed E-state index contributed by atoms with van der Waals surface area (Å²) in [5.41, 5.74) is 3.19. The quantitative estimate of drug-likeness (QED) is 0.299. The highest BCUT2D eigenvalue weighted by Crippen LogP contribution is 2.02. The van der Waals surface area contributed by atoms with Crippen LogP contribution in [0.3, 0.4) is 0 Å². The molecule has 0 aromatic rings. The molecule has 0 unspecified atom stereocenters. The van der Waals surface area contributed by atoms with Gasteiger partial charge in [-0.25, -0.2) is 0 Å². The van der Waals surface area contributed by atoms with E-state index < -0.39 is 0 Å². The fourth-order valence-corrected chi connectivity index (χ4v) is 0.382. The van der Waals surface area contributed by atoms with Crippen LogP contribution in [0.1, 0.15) is 13.8 Å². The molecule has 0 heterocycles. The lowest BCUT2D eigenvalue weighted by molar-refractivity contribution is -0.105. The first-order valence-corrected chi connectivity index (χ1v) is 2.57. The van der Waals surface area contributed by atoms with Crippen molar-refractivity contribution < 1.29 is 4.79 Å². The summed E-state index contributed by atoms with van der Waals surface area (Å²) in [4.78, 5) is 10.0.